The molecule has 0 spiro atoms. The Morgan fingerprint density at radius 2 is 1.02 bits per heavy atom. The van der Waals surface area contributed by atoms with Crippen molar-refractivity contribution in [2.75, 3.05) is 0 Å². The zero-order valence-electron chi connectivity index (χ0n) is 25.6. The average Bonchev–Trinajstić information content (AvgIpc) is 3.72. The molecule has 10 aromatic rings. The van der Waals surface area contributed by atoms with Crippen LogP contribution in [0.1, 0.15) is 0 Å². The zero-order chi connectivity index (χ0) is 31.6. The Kier molecular flexibility index (Phi) is 6.01. The van der Waals surface area contributed by atoms with Crippen LogP contribution in [0.2, 0.25) is 0 Å². The minimum atomic E-state index is 0.611. The van der Waals surface area contributed by atoms with Gasteiger partial charge in [-0.05, 0) is 29.0 Å². The molecule has 0 aliphatic heterocycles. The van der Waals surface area contributed by atoms with E-state index in [1.165, 1.54) is 36.5 Å². The first-order valence-electron chi connectivity index (χ1n) is 15.9. The SMILES string of the molecule is c1ccc(-c2nc(-c3ccccc3)nc(-c3cccc4oc5c(-c6cccc7c6sc6cc8ccccc8cc67)cccc5c34)n2)cc1. The van der Waals surface area contributed by atoms with E-state index in [9.17, 15) is 0 Å². The second-order valence-electron chi connectivity index (χ2n) is 12.0. The lowest BCUT2D eigenvalue weighted by Crippen LogP contribution is -2.00. The van der Waals surface area contributed by atoms with Crippen molar-refractivity contribution >= 4 is 64.2 Å². The first kappa shape index (κ1) is 27.0. The minimum absolute atomic E-state index is 0.611. The van der Waals surface area contributed by atoms with Crippen LogP contribution < -0.4 is 0 Å². The molecule has 0 aliphatic rings. The fourth-order valence-corrected chi connectivity index (χ4v) is 8.13. The normalized spacial score (nSPS) is 11.8. The highest BCUT2D eigenvalue weighted by Gasteiger charge is 2.21. The predicted molar refractivity (Wildman–Crippen MR) is 199 cm³/mol. The van der Waals surface area contributed by atoms with Gasteiger partial charge in [0.05, 0.1) is 0 Å². The standard InChI is InChI=1S/C43H25N3OS/c1-3-12-26(13-4-1)41-44-42(27-14-5-2-6-15-27)46-43(45-41)34-22-11-23-36-38(34)33-21-9-18-30(39(33)47-36)31-19-10-20-32-35-24-28-16-7-8-17-29(28)25-37(35)48-40(31)32/h1-25H. The number of fused-ring (bicyclic) bond motifs is 7. The Balaban J connectivity index is 1.20. The van der Waals surface area contributed by atoms with Crippen LogP contribution in [0.3, 0.4) is 0 Å². The Hall–Kier alpha value is -6.17. The van der Waals surface area contributed by atoms with Crippen molar-refractivity contribution in [2.24, 2.45) is 0 Å². The lowest BCUT2D eigenvalue weighted by atomic mass is 9.98. The Morgan fingerprint density at radius 1 is 0.438 bits per heavy atom. The summed E-state index contributed by atoms with van der Waals surface area (Å²) in [6.07, 6.45) is 0. The number of nitrogens with zero attached hydrogens (tertiary/aromatic N) is 3. The summed E-state index contributed by atoms with van der Waals surface area (Å²) in [5.41, 5.74) is 6.68. The van der Waals surface area contributed by atoms with E-state index in [2.05, 4.69) is 78.9 Å². The van der Waals surface area contributed by atoms with Gasteiger partial charge < -0.3 is 4.42 Å². The monoisotopic (exact) mass is 631 g/mol. The maximum absolute atomic E-state index is 6.75. The molecule has 0 amide bonds. The number of thiophene rings is 1. The lowest BCUT2D eigenvalue weighted by Gasteiger charge is -2.09. The molecule has 0 unspecified atom stereocenters. The highest BCUT2D eigenvalue weighted by atomic mass is 32.1. The quantitative estimate of drug-likeness (QED) is 0.194. The summed E-state index contributed by atoms with van der Waals surface area (Å²) in [4.78, 5) is 15.0. The molecule has 0 aliphatic carbocycles. The summed E-state index contributed by atoms with van der Waals surface area (Å²) >= 11 is 1.84. The van der Waals surface area contributed by atoms with E-state index in [1.54, 1.807) is 0 Å². The first-order chi connectivity index (χ1) is 23.8. The smallest absolute Gasteiger partial charge is 0.164 e. The van der Waals surface area contributed by atoms with Gasteiger partial charge in [0.15, 0.2) is 17.5 Å². The molecule has 48 heavy (non-hydrogen) atoms. The number of furan rings is 1. The van der Waals surface area contributed by atoms with Crippen molar-refractivity contribution < 1.29 is 4.42 Å². The van der Waals surface area contributed by atoms with Crippen LogP contribution in [0.5, 0.6) is 0 Å². The van der Waals surface area contributed by atoms with Gasteiger partial charge in [0.25, 0.3) is 0 Å². The molecule has 0 saturated carbocycles. The molecule has 0 radical (unpaired) electrons. The third-order valence-corrected chi connectivity index (χ3v) is 10.3. The van der Waals surface area contributed by atoms with Gasteiger partial charge in [-0.2, -0.15) is 0 Å². The van der Waals surface area contributed by atoms with E-state index in [4.69, 9.17) is 19.4 Å². The van der Waals surface area contributed by atoms with Crippen LogP contribution >= 0.6 is 11.3 Å². The van der Waals surface area contributed by atoms with Gasteiger partial charge in [-0.15, -0.1) is 11.3 Å². The largest absolute Gasteiger partial charge is 0.455 e. The van der Waals surface area contributed by atoms with Crippen molar-refractivity contribution in [2.45, 2.75) is 0 Å². The van der Waals surface area contributed by atoms with Gasteiger partial charge in [0.2, 0.25) is 0 Å². The van der Waals surface area contributed by atoms with E-state index in [1.807, 2.05) is 84.1 Å². The second kappa shape index (κ2) is 10.7. The molecular formula is C43H25N3OS. The molecular weight excluding hydrogens is 607 g/mol. The van der Waals surface area contributed by atoms with Crippen molar-refractivity contribution in [3.05, 3.63) is 152 Å². The molecule has 10 rings (SSSR count). The molecule has 5 heteroatoms. The van der Waals surface area contributed by atoms with E-state index in [-0.39, 0.29) is 0 Å². The van der Waals surface area contributed by atoms with Crippen molar-refractivity contribution in [1.82, 2.24) is 15.0 Å². The molecule has 4 nitrogen and oxygen atoms in total. The highest BCUT2D eigenvalue weighted by Crippen LogP contribution is 2.45. The first-order valence-corrected chi connectivity index (χ1v) is 16.8. The van der Waals surface area contributed by atoms with Crippen LogP contribution in [0.4, 0.5) is 0 Å². The van der Waals surface area contributed by atoms with Gasteiger partial charge in [-0.25, -0.2) is 15.0 Å². The maximum Gasteiger partial charge on any atom is 0.164 e. The zero-order valence-corrected chi connectivity index (χ0v) is 26.4. The van der Waals surface area contributed by atoms with Crippen molar-refractivity contribution in [3.63, 3.8) is 0 Å². The van der Waals surface area contributed by atoms with Crippen molar-refractivity contribution in [1.29, 1.82) is 0 Å². The number of hydrogen-bond acceptors (Lipinski definition) is 5. The summed E-state index contributed by atoms with van der Waals surface area (Å²) in [7, 11) is 0. The van der Waals surface area contributed by atoms with Crippen LogP contribution in [0.25, 0.3) is 98.2 Å². The number of para-hydroxylation sites is 1. The van der Waals surface area contributed by atoms with Crippen molar-refractivity contribution in [3.8, 4) is 45.3 Å². The van der Waals surface area contributed by atoms with E-state index in [0.717, 1.165) is 44.2 Å². The summed E-state index contributed by atoms with van der Waals surface area (Å²) < 4.78 is 9.29. The average molecular weight is 632 g/mol. The summed E-state index contributed by atoms with van der Waals surface area (Å²) in [5.74, 6) is 1.88. The van der Waals surface area contributed by atoms with E-state index < -0.39 is 0 Å². The second-order valence-corrected chi connectivity index (χ2v) is 13.0. The lowest BCUT2D eigenvalue weighted by molar-refractivity contribution is 0.670. The van der Waals surface area contributed by atoms with E-state index in [0.29, 0.717) is 17.5 Å². The molecule has 0 fully saturated rings. The Labute approximate surface area is 279 Å². The predicted octanol–water partition coefficient (Wildman–Crippen LogP) is 12.0. The number of rotatable bonds is 4. The highest BCUT2D eigenvalue weighted by molar-refractivity contribution is 7.26. The molecule has 0 N–H and O–H groups in total. The van der Waals surface area contributed by atoms with Gasteiger partial charge in [0.1, 0.15) is 11.2 Å². The topological polar surface area (TPSA) is 51.8 Å². The van der Waals surface area contributed by atoms with Gasteiger partial charge in [0, 0.05) is 58.8 Å². The molecule has 224 valence electrons. The van der Waals surface area contributed by atoms with Crippen LogP contribution in [-0.2, 0) is 0 Å². The van der Waals surface area contributed by atoms with Gasteiger partial charge in [-0.3, -0.25) is 0 Å². The van der Waals surface area contributed by atoms with Gasteiger partial charge in [-0.1, -0.05) is 133 Å². The molecule has 3 aromatic heterocycles. The summed E-state index contributed by atoms with van der Waals surface area (Å²) in [6.45, 7) is 0. The van der Waals surface area contributed by atoms with Crippen LogP contribution in [-0.4, -0.2) is 15.0 Å². The molecule has 0 atom stereocenters. The Morgan fingerprint density at radius 3 is 1.75 bits per heavy atom. The Bertz CT molecular complexity index is 2780. The number of hydrogen-bond donors (Lipinski definition) is 0. The fraction of sp³-hybridized carbons (Fsp3) is 0. The molecule has 3 heterocycles. The van der Waals surface area contributed by atoms with Gasteiger partial charge >= 0.3 is 0 Å². The fourth-order valence-electron chi connectivity index (χ4n) is 6.87. The van der Waals surface area contributed by atoms with E-state index >= 15 is 0 Å². The van der Waals surface area contributed by atoms with Crippen LogP contribution in [0, 0.1) is 0 Å². The third kappa shape index (κ3) is 4.25. The number of aromatic nitrogens is 3. The third-order valence-electron chi connectivity index (χ3n) is 9.12. The number of benzene rings is 7. The summed E-state index contributed by atoms with van der Waals surface area (Å²) in [6, 6.07) is 52.6. The van der Waals surface area contributed by atoms with Crippen LogP contribution in [0.15, 0.2) is 156 Å². The molecule has 7 aromatic carbocycles. The minimum Gasteiger partial charge on any atom is -0.455 e. The molecule has 0 bridgehead atoms. The summed E-state index contributed by atoms with van der Waals surface area (Å²) in [5, 5.41) is 7.09. The molecule has 0 saturated heterocycles. The maximum atomic E-state index is 6.75.